The number of sulfonamides is 1. The van der Waals surface area contributed by atoms with Gasteiger partial charge in [-0.25, -0.2) is 8.42 Å². The number of hydrogen-bond donors (Lipinski definition) is 1. The van der Waals surface area contributed by atoms with E-state index in [0.29, 0.717) is 24.6 Å². The van der Waals surface area contributed by atoms with Crippen molar-refractivity contribution in [3.05, 3.63) is 29.8 Å². The molecule has 1 aliphatic carbocycles. The molecule has 120 valence electrons. The molecule has 2 fully saturated rings. The van der Waals surface area contributed by atoms with Crippen molar-refractivity contribution in [3.63, 3.8) is 0 Å². The molecule has 22 heavy (non-hydrogen) atoms. The quantitative estimate of drug-likeness (QED) is 0.901. The summed E-state index contributed by atoms with van der Waals surface area (Å²) in [6, 6.07) is 6.44. The van der Waals surface area contributed by atoms with E-state index in [-0.39, 0.29) is 16.8 Å². The lowest BCUT2D eigenvalue weighted by atomic mass is 10.1. The number of carbonyl (C=O) groups is 1. The second kappa shape index (κ2) is 6.01. The van der Waals surface area contributed by atoms with E-state index in [1.165, 1.54) is 29.3 Å². The highest BCUT2D eigenvalue weighted by Gasteiger charge is 2.29. The zero-order chi connectivity index (χ0) is 15.7. The molecular weight excluding hydrogens is 300 g/mol. The van der Waals surface area contributed by atoms with Crippen molar-refractivity contribution in [2.45, 2.75) is 43.5 Å². The Hall–Kier alpha value is -1.40. The van der Waals surface area contributed by atoms with Crippen LogP contribution in [0.15, 0.2) is 29.2 Å². The molecule has 1 aliphatic heterocycles. The summed E-state index contributed by atoms with van der Waals surface area (Å²) in [5.41, 5.74) is 0.507. The zero-order valence-electron chi connectivity index (χ0n) is 12.8. The molecule has 1 atom stereocenters. The van der Waals surface area contributed by atoms with Crippen molar-refractivity contribution in [2.75, 3.05) is 13.1 Å². The molecule has 0 radical (unpaired) electrons. The van der Waals surface area contributed by atoms with Crippen molar-refractivity contribution in [1.82, 2.24) is 9.62 Å². The second-order valence-electron chi connectivity index (χ2n) is 6.24. The van der Waals surface area contributed by atoms with Crippen LogP contribution in [-0.2, 0) is 10.0 Å². The monoisotopic (exact) mass is 322 g/mol. The van der Waals surface area contributed by atoms with Crippen LogP contribution in [0.25, 0.3) is 0 Å². The minimum absolute atomic E-state index is 0.135. The lowest BCUT2D eigenvalue weighted by Crippen LogP contribution is -2.34. The van der Waals surface area contributed by atoms with Gasteiger partial charge in [0.05, 0.1) is 4.90 Å². The van der Waals surface area contributed by atoms with E-state index in [9.17, 15) is 13.2 Å². The third-order valence-electron chi connectivity index (χ3n) is 4.51. The van der Waals surface area contributed by atoms with Crippen LogP contribution in [0.3, 0.4) is 0 Å². The maximum Gasteiger partial charge on any atom is 0.251 e. The number of carbonyl (C=O) groups excluding carboxylic acids is 1. The van der Waals surface area contributed by atoms with Crippen LogP contribution in [0.1, 0.15) is 43.0 Å². The molecule has 5 nitrogen and oxygen atoms in total. The minimum Gasteiger partial charge on any atom is -0.349 e. The molecule has 1 aromatic carbocycles. The molecule has 2 aliphatic rings. The van der Waals surface area contributed by atoms with E-state index in [0.717, 1.165) is 12.8 Å². The van der Waals surface area contributed by atoms with Gasteiger partial charge in [0, 0.05) is 24.7 Å². The maximum atomic E-state index is 12.4. The lowest BCUT2D eigenvalue weighted by molar-refractivity contribution is 0.0935. The highest BCUT2D eigenvalue weighted by atomic mass is 32.2. The predicted molar refractivity (Wildman–Crippen MR) is 84.1 cm³/mol. The summed E-state index contributed by atoms with van der Waals surface area (Å²) in [6.07, 6.45) is 4.18. The molecule has 0 spiro atoms. The molecule has 1 aromatic rings. The fourth-order valence-electron chi connectivity index (χ4n) is 2.86. The van der Waals surface area contributed by atoms with Gasteiger partial charge in [-0.2, -0.15) is 4.31 Å². The normalized spacial score (nSPS) is 20.8. The summed E-state index contributed by atoms with van der Waals surface area (Å²) in [4.78, 5) is 12.4. The Morgan fingerprint density at radius 2 is 1.77 bits per heavy atom. The Morgan fingerprint density at radius 1 is 1.18 bits per heavy atom. The Balaban J connectivity index is 1.70. The van der Waals surface area contributed by atoms with Crippen LogP contribution >= 0.6 is 0 Å². The third kappa shape index (κ3) is 3.17. The fourth-order valence-corrected chi connectivity index (χ4v) is 4.38. The topological polar surface area (TPSA) is 66.5 Å². The van der Waals surface area contributed by atoms with E-state index in [1.807, 2.05) is 6.92 Å². The largest absolute Gasteiger partial charge is 0.349 e. The SMILES string of the molecule is C[C@H](NC(=O)c1ccc(S(=O)(=O)N2CCCC2)cc1)C1CC1. The van der Waals surface area contributed by atoms with Crippen molar-refractivity contribution >= 4 is 15.9 Å². The molecule has 0 aromatic heterocycles. The highest BCUT2D eigenvalue weighted by molar-refractivity contribution is 7.89. The maximum absolute atomic E-state index is 12.4. The van der Waals surface area contributed by atoms with Crippen LogP contribution in [0.2, 0.25) is 0 Å². The molecule has 1 N–H and O–H groups in total. The van der Waals surface area contributed by atoms with Crippen LogP contribution in [0, 0.1) is 5.92 Å². The molecule has 1 amide bonds. The molecule has 0 bridgehead atoms. The second-order valence-corrected chi connectivity index (χ2v) is 8.17. The van der Waals surface area contributed by atoms with E-state index in [2.05, 4.69) is 5.32 Å². The summed E-state index contributed by atoms with van der Waals surface area (Å²) in [7, 11) is -3.41. The summed E-state index contributed by atoms with van der Waals surface area (Å²) in [5, 5.41) is 2.97. The Kier molecular flexibility index (Phi) is 4.23. The van der Waals surface area contributed by atoms with Gasteiger partial charge in [-0.1, -0.05) is 0 Å². The number of amides is 1. The van der Waals surface area contributed by atoms with E-state index >= 15 is 0 Å². The molecule has 1 saturated heterocycles. The first kappa shape index (κ1) is 15.5. The van der Waals surface area contributed by atoms with Gasteiger partial charge in [0.25, 0.3) is 5.91 Å². The molecule has 6 heteroatoms. The number of hydrogen-bond acceptors (Lipinski definition) is 3. The van der Waals surface area contributed by atoms with E-state index < -0.39 is 10.0 Å². The predicted octanol–water partition coefficient (Wildman–Crippen LogP) is 2.00. The molecule has 3 rings (SSSR count). The van der Waals surface area contributed by atoms with Gasteiger partial charge in [-0.15, -0.1) is 0 Å². The van der Waals surface area contributed by atoms with Crippen molar-refractivity contribution in [3.8, 4) is 0 Å². The van der Waals surface area contributed by atoms with Gasteiger partial charge in [0.1, 0.15) is 0 Å². The summed E-state index contributed by atoms with van der Waals surface area (Å²) >= 11 is 0. The van der Waals surface area contributed by atoms with Gasteiger partial charge >= 0.3 is 0 Å². The minimum atomic E-state index is -3.41. The first-order chi connectivity index (χ1) is 10.5. The van der Waals surface area contributed by atoms with Crippen molar-refractivity contribution < 1.29 is 13.2 Å². The van der Waals surface area contributed by atoms with E-state index in [4.69, 9.17) is 0 Å². The Labute approximate surface area is 131 Å². The Bertz CT molecular complexity index is 644. The zero-order valence-corrected chi connectivity index (χ0v) is 13.6. The number of nitrogens with zero attached hydrogens (tertiary/aromatic N) is 1. The van der Waals surface area contributed by atoms with Gasteiger partial charge in [0.2, 0.25) is 10.0 Å². The standard InChI is InChI=1S/C16H22N2O3S/c1-12(13-4-5-13)17-16(19)14-6-8-15(9-7-14)22(20,21)18-10-2-3-11-18/h6-9,12-13H,2-5,10-11H2,1H3,(H,17,19)/t12-/m0/s1. The van der Waals surface area contributed by atoms with Crippen LogP contribution in [0.4, 0.5) is 0 Å². The average Bonchev–Trinajstić information content (AvgIpc) is 3.21. The fraction of sp³-hybridized carbons (Fsp3) is 0.562. The summed E-state index contributed by atoms with van der Waals surface area (Å²) in [6.45, 7) is 3.19. The van der Waals surface area contributed by atoms with Crippen molar-refractivity contribution in [1.29, 1.82) is 0 Å². The first-order valence-electron chi connectivity index (χ1n) is 7.89. The molecule has 1 heterocycles. The van der Waals surface area contributed by atoms with E-state index in [1.54, 1.807) is 12.1 Å². The average molecular weight is 322 g/mol. The third-order valence-corrected chi connectivity index (χ3v) is 6.42. The molecule has 1 saturated carbocycles. The van der Waals surface area contributed by atoms with Crippen LogP contribution in [0.5, 0.6) is 0 Å². The van der Waals surface area contributed by atoms with Crippen molar-refractivity contribution in [2.24, 2.45) is 5.92 Å². The lowest BCUT2D eigenvalue weighted by Gasteiger charge is -2.16. The van der Waals surface area contributed by atoms with Gasteiger partial charge in [0.15, 0.2) is 0 Å². The smallest absolute Gasteiger partial charge is 0.251 e. The summed E-state index contributed by atoms with van der Waals surface area (Å²) < 4.78 is 26.3. The molecule has 0 unspecified atom stereocenters. The van der Waals surface area contributed by atoms with Crippen LogP contribution < -0.4 is 5.32 Å². The Morgan fingerprint density at radius 3 is 2.32 bits per heavy atom. The number of nitrogens with one attached hydrogen (secondary N) is 1. The molecular formula is C16H22N2O3S. The number of rotatable bonds is 5. The highest BCUT2D eigenvalue weighted by Crippen LogP contribution is 2.32. The van der Waals surface area contributed by atoms with Gasteiger partial charge in [-0.05, 0) is 62.8 Å². The summed E-state index contributed by atoms with van der Waals surface area (Å²) in [5.74, 6) is 0.461. The van der Waals surface area contributed by atoms with Gasteiger partial charge in [-0.3, -0.25) is 4.79 Å². The number of benzene rings is 1. The van der Waals surface area contributed by atoms with Gasteiger partial charge < -0.3 is 5.32 Å². The first-order valence-corrected chi connectivity index (χ1v) is 9.33. The van der Waals surface area contributed by atoms with Crippen LogP contribution in [-0.4, -0.2) is 37.8 Å².